The molecule has 0 radical (unpaired) electrons. The third kappa shape index (κ3) is 2.70. The summed E-state index contributed by atoms with van der Waals surface area (Å²) in [5, 5.41) is 5.91. The van der Waals surface area contributed by atoms with Crippen molar-refractivity contribution >= 4 is 34.8 Å². The fourth-order valence-corrected chi connectivity index (χ4v) is 4.66. The quantitative estimate of drug-likeness (QED) is 0.750. The van der Waals surface area contributed by atoms with Gasteiger partial charge in [0.25, 0.3) is 5.91 Å². The molecule has 2 heterocycles. The smallest absolute Gasteiger partial charge is 0.260 e. The van der Waals surface area contributed by atoms with E-state index in [4.69, 9.17) is 0 Å². The highest BCUT2D eigenvalue weighted by Crippen LogP contribution is 2.49. The van der Waals surface area contributed by atoms with Crippen LogP contribution in [0, 0.1) is 17.3 Å². The first-order chi connectivity index (χ1) is 13.9. The standard InChI is InChI=1S/C23H23N3O3/c1-15(2)23(16(3)24-26(22(23)29)18-12-8-5-9-13-18)19-14-20(27)25(21(19)28)17-10-6-4-7-11-17/h4-13,15,19H,14H2,1-3H3. The summed E-state index contributed by atoms with van der Waals surface area (Å²) in [7, 11) is 0. The Kier molecular flexibility index (Phi) is 4.57. The van der Waals surface area contributed by atoms with Gasteiger partial charge in [0.2, 0.25) is 11.8 Å². The first-order valence-electron chi connectivity index (χ1n) is 9.76. The molecule has 0 N–H and O–H groups in total. The predicted octanol–water partition coefficient (Wildman–Crippen LogP) is 3.63. The summed E-state index contributed by atoms with van der Waals surface area (Å²) < 4.78 is 0. The van der Waals surface area contributed by atoms with Crippen LogP contribution in [0.3, 0.4) is 0 Å². The maximum atomic E-state index is 13.7. The van der Waals surface area contributed by atoms with Crippen LogP contribution in [-0.4, -0.2) is 23.4 Å². The van der Waals surface area contributed by atoms with Gasteiger partial charge < -0.3 is 0 Å². The molecule has 2 aromatic rings. The van der Waals surface area contributed by atoms with E-state index in [-0.39, 0.29) is 30.1 Å². The number of anilines is 2. The van der Waals surface area contributed by atoms with Crippen molar-refractivity contribution < 1.29 is 14.4 Å². The Morgan fingerprint density at radius 3 is 2.03 bits per heavy atom. The fourth-order valence-electron chi connectivity index (χ4n) is 4.66. The highest BCUT2D eigenvalue weighted by molar-refractivity contribution is 6.27. The van der Waals surface area contributed by atoms with Gasteiger partial charge in [-0.05, 0) is 37.1 Å². The van der Waals surface area contributed by atoms with Gasteiger partial charge in [0, 0.05) is 6.42 Å². The van der Waals surface area contributed by atoms with Crippen molar-refractivity contribution in [1.82, 2.24) is 0 Å². The molecule has 0 bridgehead atoms. The number of benzene rings is 2. The van der Waals surface area contributed by atoms with E-state index in [9.17, 15) is 14.4 Å². The number of para-hydroxylation sites is 2. The number of hydrogen-bond donors (Lipinski definition) is 0. The molecule has 2 unspecified atom stereocenters. The molecule has 2 aliphatic heterocycles. The molecular formula is C23H23N3O3. The van der Waals surface area contributed by atoms with Crippen molar-refractivity contribution in [3.8, 4) is 0 Å². The predicted molar refractivity (Wildman–Crippen MR) is 111 cm³/mol. The molecule has 1 fully saturated rings. The van der Waals surface area contributed by atoms with E-state index in [2.05, 4.69) is 5.10 Å². The van der Waals surface area contributed by atoms with Gasteiger partial charge in [0.1, 0.15) is 5.41 Å². The second kappa shape index (κ2) is 6.95. The second-order valence-electron chi connectivity index (χ2n) is 7.82. The number of hydrazone groups is 1. The Hall–Kier alpha value is -3.28. The first-order valence-corrected chi connectivity index (χ1v) is 9.76. The molecule has 148 valence electrons. The molecule has 4 rings (SSSR count). The third-order valence-electron chi connectivity index (χ3n) is 6.02. The van der Waals surface area contributed by atoms with Crippen molar-refractivity contribution in [2.45, 2.75) is 27.2 Å². The summed E-state index contributed by atoms with van der Waals surface area (Å²) in [5.74, 6) is -1.86. The van der Waals surface area contributed by atoms with Gasteiger partial charge in [-0.3, -0.25) is 19.3 Å². The van der Waals surface area contributed by atoms with Crippen molar-refractivity contribution in [1.29, 1.82) is 0 Å². The van der Waals surface area contributed by atoms with E-state index in [0.717, 1.165) is 0 Å². The molecule has 2 aliphatic rings. The Morgan fingerprint density at radius 1 is 0.931 bits per heavy atom. The summed E-state index contributed by atoms with van der Waals surface area (Å²) in [6.45, 7) is 5.60. The maximum absolute atomic E-state index is 13.7. The minimum Gasteiger partial charge on any atom is -0.274 e. The van der Waals surface area contributed by atoms with Crippen LogP contribution in [0.5, 0.6) is 0 Å². The molecule has 29 heavy (non-hydrogen) atoms. The van der Waals surface area contributed by atoms with Gasteiger partial charge in [-0.25, -0.2) is 0 Å². The van der Waals surface area contributed by atoms with Crippen molar-refractivity contribution in [3.05, 3.63) is 60.7 Å². The van der Waals surface area contributed by atoms with Crippen LogP contribution in [0.2, 0.25) is 0 Å². The topological polar surface area (TPSA) is 70.1 Å². The van der Waals surface area contributed by atoms with Crippen LogP contribution in [0.25, 0.3) is 0 Å². The number of rotatable bonds is 4. The lowest BCUT2D eigenvalue weighted by Crippen LogP contribution is -2.51. The Bertz CT molecular complexity index is 1000. The number of carbonyl (C=O) groups is 3. The SMILES string of the molecule is CC1=NN(c2ccccc2)C(=O)C1(C(C)C)C1CC(=O)N(c2ccccc2)C1=O. The lowest BCUT2D eigenvalue weighted by Gasteiger charge is -2.36. The number of imide groups is 1. The summed E-state index contributed by atoms with van der Waals surface area (Å²) in [6.07, 6.45) is -0.00681. The Labute approximate surface area is 169 Å². The summed E-state index contributed by atoms with van der Waals surface area (Å²) in [6, 6.07) is 18.0. The minimum atomic E-state index is -1.15. The van der Waals surface area contributed by atoms with E-state index >= 15 is 0 Å². The van der Waals surface area contributed by atoms with Crippen LogP contribution < -0.4 is 9.91 Å². The van der Waals surface area contributed by atoms with Crippen molar-refractivity contribution in [2.75, 3.05) is 9.91 Å². The molecule has 2 atom stereocenters. The average Bonchev–Trinajstić information content (AvgIpc) is 3.16. The van der Waals surface area contributed by atoms with Crippen molar-refractivity contribution in [2.24, 2.45) is 22.4 Å². The normalized spacial score (nSPS) is 24.6. The van der Waals surface area contributed by atoms with E-state index in [1.165, 1.54) is 9.91 Å². The molecule has 2 aromatic carbocycles. The van der Waals surface area contributed by atoms with Gasteiger partial charge in [-0.1, -0.05) is 50.2 Å². The maximum Gasteiger partial charge on any atom is 0.260 e. The zero-order valence-corrected chi connectivity index (χ0v) is 16.7. The van der Waals surface area contributed by atoms with Gasteiger partial charge in [-0.2, -0.15) is 10.1 Å². The molecule has 6 nitrogen and oxygen atoms in total. The fraction of sp³-hybridized carbons (Fsp3) is 0.304. The zero-order chi connectivity index (χ0) is 20.8. The summed E-state index contributed by atoms with van der Waals surface area (Å²) >= 11 is 0. The Balaban J connectivity index is 1.77. The molecule has 6 heteroatoms. The van der Waals surface area contributed by atoms with Gasteiger partial charge in [0.15, 0.2) is 0 Å². The molecule has 1 saturated heterocycles. The Morgan fingerprint density at radius 2 is 1.48 bits per heavy atom. The lowest BCUT2D eigenvalue weighted by atomic mass is 9.64. The monoisotopic (exact) mass is 389 g/mol. The van der Waals surface area contributed by atoms with Gasteiger partial charge in [-0.15, -0.1) is 0 Å². The largest absolute Gasteiger partial charge is 0.274 e. The second-order valence-corrected chi connectivity index (χ2v) is 7.82. The minimum absolute atomic E-state index is 0.00681. The average molecular weight is 389 g/mol. The molecule has 0 aromatic heterocycles. The highest BCUT2D eigenvalue weighted by Gasteiger charge is 2.62. The third-order valence-corrected chi connectivity index (χ3v) is 6.02. The number of carbonyl (C=O) groups excluding carboxylic acids is 3. The summed E-state index contributed by atoms with van der Waals surface area (Å²) in [4.78, 5) is 41.1. The molecule has 0 spiro atoms. The van der Waals surface area contributed by atoms with E-state index in [0.29, 0.717) is 17.1 Å². The van der Waals surface area contributed by atoms with Crippen LogP contribution in [0.1, 0.15) is 27.2 Å². The molecule has 3 amide bonds. The van der Waals surface area contributed by atoms with Crippen molar-refractivity contribution in [3.63, 3.8) is 0 Å². The highest BCUT2D eigenvalue weighted by atomic mass is 16.2. The van der Waals surface area contributed by atoms with E-state index < -0.39 is 11.3 Å². The number of hydrogen-bond acceptors (Lipinski definition) is 4. The lowest BCUT2D eigenvalue weighted by molar-refractivity contribution is -0.134. The zero-order valence-electron chi connectivity index (χ0n) is 16.7. The van der Waals surface area contributed by atoms with E-state index in [1.807, 2.05) is 50.2 Å². The van der Waals surface area contributed by atoms with Gasteiger partial charge >= 0.3 is 0 Å². The molecular weight excluding hydrogens is 366 g/mol. The van der Waals surface area contributed by atoms with Gasteiger partial charge in [0.05, 0.1) is 23.0 Å². The van der Waals surface area contributed by atoms with Crippen LogP contribution in [0.4, 0.5) is 11.4 Å². The van der Waals surface area contributed by atoms with Crippen LogP contribution >= 0.6 is 0 Å². The summed E-state index contributed by atoms with van der Waals surface area (Å²) in [5.41, 5.74) is 0.605. The number of nitrogens with zero attached hydrogens (tertiary/aromatic N) is 3. The number of amides is 3. The first kappa shape index (κ1) is 19.1. The van der Waals surface area contributed by atoms with Crippen LogP contribution in [0.15, 0.2) is 65.8 Å². The van der Waals surface area contributed by atoms with Crippen LogP contribution in [-0.2, 0) is 14.4 Å². The molecule has 0 saturated carbocycles. The van der Waals surface area contributed by atoms with E-state index in [1.54, 1.807) is 31.2 Å². The molecule has 0 aliphatic carbocycles.